The van der Waals surface area contributed by atoms with Crippen molar-refractivity contribution in [1.29, 1.82) is 0 Å². The molecule has 0 aliphatic heterocycles. The number of benzene rings is 2. The molecular formula is C34H44N4O8. The van der Waals surface area contributed by atoms with Crippen LogP contribution in [0.4, 0.5) is 4.79 Å². The van der Waals surface area contributed by atoms with Crippen LogP contribution >= 0.6 is 0 Å². The second-order valence-electron chi connectivity index (χ2n) is 12.5. The highest BCUT2D eigenvalue weighted by Crippen LogP contribution is 2.20. The monoisotopic (exact) mass is 636 g/mol. The van der Waals surface area contributed by atoms with Crippen LogP contribution in [0, 0.1) is 5.92 Å². The number of ether oxygens (including phenoxy) is 2. The number of H-pyrrole nitrogens is 1. The summed E-state index contributed by atoms with van der Waals surface area (Å²) in [6.07, 6.45) is 0.904. The van der Waals surface area contributed by atoms with Gasteiger partial charge in [0.25, 0.3) is 0 Å². The van der Waals surface area contributed by atoms with Gasteiger partial charge in [0.2, 0.25) is 11.8 Å². The van der Waals surface area contributed by atoms with Gasteiger partial charge in [-0.15, -0.1) is 0 Å². The molecule has 0 bridgehead atoms. The van der Waals surface area contributed by atoms with Crippen molar-refractivity contribution in [3.05, 3.63) is 71.9 Å². The molecule has 3 amide bonds. The fraction of sp³-hybridized carbons (Fsp3) is 0.441. The Morgan fingerprint density at radius 3 is 2.13 bits per heavy atom. The Hall–Kier alpha value is -4.87. The van der Waals surface area contributed by atoms with Gasteiger partial charge in [-0.05, 0) is 50.3 Å². The highest BCUT2D eigenvalue weighted by molar-refractivity contribution is 5.94. The number of aromatic nitrogens is 1. The predicted molar refractivity (Wildman–Crippen MR) is 172 cm³/mol. The maximum absolute atomic E-state index is 13.7. The number of nitrogens with one attached hydrogen (secondary N) is 4. The molecule has 3 atom stereocenters. The lowest BCUT2D eigenvalue weighted by Crippen LogP contribution is -2.57. The van der Waals surface area contributed by atoms with Gasteiger partial charge in [-0.2, -0.15) is 0 Å². The van der Waals surface area contributed by atoms with Gasteiger partial charge in [0.05, 0.1) is 13.0 Å². The zero-order chi connectivity index (χ0) is 33.9. The van der Waals surface area contributed by atoms with Crippen LogP contribution in [0.3, 0.4) is 0 Å². The molecule has 5 N–H and O–H groups in total. The van der Waals surface area contributed by atoms with Crippen LogP contribution < -0.4 is 16.0 Å². The van der Waals surface area contributed by atoms with Crippen molar-refractivity contribution in [2.45, 2.75) is 84.0 Å². The highest BCUT2D eigenvalue weighted by Gasteiger charge is 2.33. The Kier molecular flexibility index (Phi) is 12.7. The summed E-state index contributed by atoms with van der Waals surface area (Å²) in [5.41, 5.74) is 1.72. The number of carbonyl (C=O) groups is 5. The smallest absolute Gasteiger partial charge is 0.408 e. The molecule has 0 aliphatic rings. The largest absolute Gasteiger partial charge is 0.481 e. The summed E-state index contributed by atoms with van der Waals surface area (Å²) in [6.45, 7) is 8.79. The number of carbonyl (C=O) groups excluding carboxylic acids is 4. The van der Waals surface area contributed by atoms with Crippen molar-refractivity contribution in [3.8, 4) is 0 Å². The number of amides is 3. The molecule has 0 saturated heterocycles. The number of alkyl carbamates (subject to hydrolysis) is 1. The first kappa shape index (κ1) is 35.6. The Morgan fingerprint density at radius 1 is 0.848 bits per heavy atom. The van der Waals surface area contributed by atoms with Crippen molar-refractivity contribution < 1.29 is 38.6 Å². The molecule has 46 heavy (non-hydrogen) atoms. The van der Waals surface area contributed by atoms with Crippen molar-refractivity contribution >= 4 is 40.7 Å². The molecule has 2 aromatic carbocycles. The van der Waals surface area contributed by atoms with Crippen LogP contribution in [-0.2, 0) is 41.5 Å². The summed E-state index contributed by atoms with van der Waals surface area (Å²) in [7, 11) is 0. The summed E-state index contributed by atoms with van der Waals surface area (Å²) in [4.78, 5) is 67.5. The van der Waals surface area contributed by atoms with Crippen molar-refractivity contribution in [2.75, 3.05) is 6.61 Å². The van der Waals surface area contributed by atoms with E-state index in [0.717, 1.165) is 22.0 Å². The number of aliphatic carboxylic acids is 1. The highest BCUT2D eigenvalue weighted by atomic mass is 16.6. The average molecular weight is 637 g/mol. The van der Waals surface area contributed by atoms with Crippen molar-refractivity contribution in [2.24, 2.45) is 5.92 Å². The third-order valence-corrected chi connectivity index (χ3v) is 6.90. The van der Waals surface area contributed by atoms with Crippen LogP contribution in [-0.4, -0.2) is 70.3 Å². The Bertz CT molecular complexity index is 1500. The fourth-order valence-corrected chi connectivity index (χ4v) is 4.81. The van der Waals surface area contributed by atoms with Crippen LogP contribution in [0.25, 0.3) is 10.9 Å². The number of carboxylic acids is 1. The van der Waals surface area contributed by atoms with E-state index >= 15 is 0 Å². The molecule has 1 heterocycles. The van der Waals surface area contributed by atoms with E-state index in [-0.39, 0.29) is 25.4 Å². The number of para-hydroxylation sites is 1. The van der Waals surface area contributed by atoms with Gasteiger partial charge in [-0.3, -0.25) is 14.4 Å². The molecule has 0 unspecified atom stereocenters. The summed E-state index contributed by atoms with van der Waals surface area (Å²) in [5.74, 6) is -3.69. The standard InChI is InChI=1S/C34H44N4O8/c1-21(2)17-26(30(41)37-28(19-29(39)40)32(43)45-16-15-22-11-7-6-8-12-22)36-31(42)27(38-33(44)46-34(3,4)5)18-23-20-35-25-14-10-9-13-24(23)25/h6-14,20-21,26-28,35H,15-19H2,1-5H3,(H,36,42)(H,37,41)(H,38,44)(H,39,40)/t26-,27+,28-/m0/s1. The predicted octanol–water partition coefficient (Wildman–Crippen LogP) is 3.88. The molecule has 1 aromatic heterocycles. The van der Waals surface area contributed by atoms with E-state index in [1.165, 1.54) is 0 Å². The summed E-state index contributed by atoms with van der Waals surface area (Å²) in [6, 6.07) is 13.0. The van der Waals surface area contributed by atoms with E-state index in [9.17, 15) is 29.1 Å². The SMILES string of the molecule is CC(C)C[C@H](NC(=O)[C@@H](Cc1c[nH]c2ccccc12)NC(=O)OC(C)(C)C)C(=O)N[C@@H](CC(=O)O)C(=O)OCCc1ccccc1. The first-order chi connectivity index (χ1) is 21.7. The lowest BCUT2D eigenvalue weighted by atomic mass is 10.0. The van der Waals surface area contributed by atoms with Gasteiger partial charge < -0.3 is 35.5 Å². The minimum Gasteiger partial charge on any atom is -0.481 e. The zero-order valence-corrected chi connectivity index (χ0v) is 26.9. The molecule has 248 valence electrons. The zero-order valence-electron chi connectivity index (χ0n) is 26.9. The van der Waals surface area contributed by atoms with E-state index < -0.39 is 60.0 Å². The minimum absolute atomic E-state index is 0.00710. The summed E-state index contributed by atoms with van der Waals surface area (Å²) in [5, 5.41) is 18.1. The quantitative estimate of drug-likeness (QED) is 0.156. The van der Waals surface area contributed by atoms with E-state index in [1.54, 1.807) is 27.0 Å². The van der Waals surface area contributed by atoms with Gasteiger partial charge in [-0.25, -0.2) is 9.59 Å². The van der Waals surface area contributed by atoms with Crippen LogP contribution in [0.2, 0.25) is 0 Å². The molecular weight excluding hydrogens is 592 g/mol. The second kappa shape index (κ2) is 16.4. The van der Waals surface area contributed by atoms with Gasteiger partial charge in [-0.1, -0.05) is 62.4 Å². The number of rotatable bonds is 15. The number of fused-ring (bicyclic) bond motifs is 1. The maximum Gasteiger partial charge on any atom is 0.408 e. The Balaban J connectivity index is 1.77. The third-order valence-electron chi connectivity index (χ3n) is 6.90. The molecule has 0 spiro atoms. The minimum atomic E-state index is -1.48. The number of esters is 1. The molecule has 0 radical (unpaired) electrons. The lowest BCUT2D eigenvalue weighted by molar-refractivity contribution is -0.152. The van der Waals surface area contributed by atoms with E-state index in [2.05, 4.69) is 20.9 Å². The average Bonchev–Trinajstić information content (AvgIpc) is 3.37. The number of hydrogen-bond donors (Lipinski definition) is 5. The first-order valence-electron chi connectivity index (χ1n) is 15.3. The topological polar surface area (TPSA) is 176 Å². The van der Waals surface area contributed by atoms with Crippen LogP contribution in [0.15, 0.2) is 60.8 Å². The molecule has 3 aromatic rings. The second-order valence-corrected chi connectivity index (χ2v) is 12.5. The van der Waals surface area contributed by atoms with Gasteiger partial charge in [0.1, 0.15) is 23.7 Å². The van der Waals surface area contributed by atoms with Crippen molar-refractivity contribution in [1.82, 2.24) is 20.9 Å². The molecule has 0 saturated carbocycles. The number of aromatic amines is 1. The summed E-state index contributed by atoms with van der Waals surface area (Å²) >= 11 is 0. The molecule has 12 nitrogen and oxygen atoms in total. The van der Waals surface area contributed by atoms with E-state index in [0.29, 0.717) is 6.42 Å². The third kappa shape index (κ3) is 11.6. The molecule has 0 aliphatic carbocycles. The number of carboxylic acid groups (broad SMARTS) is 1. The van der Waals surface area contributed by atoms with Gasteiger partial charge >= 0.3 is 18.0 Å². The van der Waals surface area contributed by atoms with E-state index in [4.69, 9.17) is 9.47 Å². The fourth-order valence-electron chi connectivity index (χ4n) is 4.81. The van der Waals surface area contributed by atoms with Gasteiger partial charge in [0.15, 0.2) is 0 Å². The Morgan fingerprint density at radius 2 is 1.48 bits per heavy atom. The normalized spacial score (nSPS) is 13.3. The maximum atomic E-state index is 13.7. The Labute approximate surface area is 268 Å². The van der Waals surface area contributed by atoms with Crippen LogP contribution in [0.1, 0.15) is 58.6 Å². The molecule has 12 heteroatoms. The molecule has 3 rings (SSSR count). The number of hydrogen-bond acceptors (Lipinski definition) is 7. The van der Waals surface area contributed by atoms with Crippen LogP contribution in [0.5, 0.6) is 0 Å². The van der Waals surface area contributed by atoms with E-state index in [1.807, 2.05) is 68.4 Å². The van der Waals surface area contributed by atoms with Gasteiger partial charge in [0, 0.05) is 29.9 Å². The summed E-state index contributed by atoms with van der Waals surface area (Å²) < 4.78 is 10.7. The molecule has 0 fully saturated rings. The lowest BCUT2D eigenvalue weighted by Gasteiger charge is -2.26. The first-order valence-corrected chi connectivity index (χ1v) is 15.3. The van der Waals surface area contributed by atoms with Crippen molar-refractivity contribution in [3.63, 3.8) is 0 Å².